The zero-order valence-electron chi connectivity index (χ0n) is 10.9. The maximum Gasteiger partial charge on any atom is 0.303 e. The Labute approximate surface area is 115 Å². The number of aromatic nitrogens is 2. The van der Waals surface area contributed by atoms with Crippen LogP contribution in [-0.4, -0.2) is 33.3 Å². The van der Waals surface area contributed by atoms with E-state index < -0.39 is 5.97 Å². The summed E-state index contributed by atoms with van der Waals surface area (Å²) < 4.78 is 5.15. The van der Waals surface area contributed by atoms with Crippen LogP contribution >= 0.6 is 0 Å². The standard InChI is InChI=1S/C14H14N2O4/c1-20-14-9(6-7-12(18)19)8-15-13(16-14)10-4-2-3-5-11(10)17/h2-5,8,17H,6-7H2,1H3,(H,18,19). The first-order valence-corrected chi connectivity index (χ1v) is 6.02. The Morgan fingerprint density at radius 2 is 2.10 bits per heavy atom. The van der Waals surface area contributed by atoms with Gasteiger partial charge in [0.1, 0.15) is 5.75 Å². The Balaban J connectivity index is 2.34. The molecule has 2 rings (SSSR count). The number of aromatic hydroxyl groups is 1. The number of phenolic OH excluding ortho intramolecular Hbond substituents is 1. The molecule has 2 aromatic rings. The van der Waals surface area contributed by atoms with Crippen molar-refractivity contribution in [2.24, 2.45) is 0 Å². The van der Waals surface area contributed by atoms with Crippen LogP contribution in [0.5, 0.6) is 11.6 Å². The van der Waals surface area contributed by atoms with Crippen LogP contribution in [0.4, 0.5) is 0 Å². The van der Waals surface area contributed by atoms with Gasteiger partial charge < -0.3 is 14.9 Å². The van der Waals surface area contributed by atoms with Crippen molar-refractivity contribution in [2.75, 3.05) is 7.11 Å². The zero-order valence-corrected chi connectivity index (χ0v) is 10.9. The molecule has 0 aliphatic carbocycles. The molecule has 0 amide bonds. The Morgan fingerprint density at radius 1 is 1.35 bits per heavy atom. The number of para-hydroxylation sites is 1. The van der Waals surface area contributed by atoms with E-state index in [4.69, 9.17) is 9.84 Å². The molecule has 104 valence electrons. The van der Waals surface area contributed by atoms with Crippen molar-refractivity contribution in [3.05, 3.63) is 36.0 Å². The number of carboxylic acids is 1. The van der Waals surface area contributed by atoms with Gasteiger partial charge in [0.15, 0.2) is 5.82 Å². The van der Waals surface area contributed by atoms with Gasteiger partial charge in [0, 0.05) is 18.2 Å². The lowest BCUT2D eigenvalue weighted by atomic mass is 10.1. The minimum Gasteiger partial charge on any atom is -0.507 e. The summed E-state index contributed by atoms with van der Waals surface area (Å²) in [7, 11) is 1.46. The fourth-order valence-corrected chi connectivity index (χ4v) is 1.77. The van der Waals surface area contributed by atoms with Crippen LogP contribution < -0.4 is 4.74 Å². The van der Waals surface area contributed by atoms with Crippen molar-refractivity contribution >= 4 is 5.97 Å². The van der Waals surface area contributed by atoms with Gasteiger partial charge in [0.2, 0.25) is 5.88 Å². The van der Waals surface area contributed by atoms with Gasteiger partial charge in [-0.15, -0.1) is 0 Å². The van der Waals surface area contributed by atoms with Crippen molar-refractivity contribution in [1.82, 2.24) is 9.97 Å². The van der Waals surface area contributed by atoms with Gasteiger partial charge in [-0.25, -0.2) is 4.98 Å². The van der Waals surface area contributed by atoms with Crippen LogP contribution in [0.15, 0.2) is 30.5 Å². The molecule has 0 atom stereocenters. The molecule has 0 aliphatic rings. The molecule has 20 heavy (non-hydrogen) atoms. The number of nitrogens with zero attached hydrogens (tertiary/aromatic N) is 2. The number of carbonyl (C=O) groups is 1. The van der Waals surface area contributed by atoms with Crippen molar-refractivity contribution < 1.29 is 19.7 Å². The molecule has 0 spiro atoms. The number of benzene rings is 1. The number of rotatable bonds is 5. The van der Waals surface area contributed by atoms with E-state index in [9.17, 15) is 9.90 Å². The number of hydrogen-bond donors (Lipinski definition) is 2. The molecule has 6 heteroatoms. The van der Waals surface area contributed by atoms with Gasteiger partial charge >= 0.3 is 5.97 Å². The highest BCUT2D eigenvalue weighted by atomic mass is 16.5. The summed E-state index contributed by atoms with van der Waals surface area (Å²) in [5, 5.41) is 18.5. The molecule has 1 aromatic carbocycles. The summed E-state index contributed by atoms with van der Waals surface area (Å²) in [6.45, 7) is 0. The van der Waals surface area contributed by atoms with E-state index in [1.54, 1.807) is 24.3 Å². The van der Waals surface area contributed by atoms with Gasteiger partial charge in [0.05, 0.1) is 12.7 Å². The van der Waals surface area contributed by atoms with E-state index in [2.05, 4.69) is 9.97 Å². The molecule has 6 nitrogen and oxygen atoms in total. The van der Waals surface area contributed by atoms with E-state index in [0.717, 1.165) is 0 Å². The van der Waals surface area contributed by atoms with Crippen molar-refractivity contribution in [1.29, 1.82) is 0 Å². The number of aliphatic carboxylic acids is 1. The van der Waals surface area contributed by atoms with Gasteiger partial charge in [-0.05, 0) is 18.6 Å². The number of methoxy groups -OCH3 is 1. The number of hydrogen-bond acceptors (Lipinski definition) is 5. The van der Waals surface area contributed by atoms with E-state index >= 15 is 0 Å². The second kappa shape index (κ2) is 6.01. The van der Waals surface area contributed by atoms with E-state index in [1.807, 2.05) is 0 Å². The van der Waals surface area contributed by atoms with Crippen LogP contribution in [0.25, 0.3) is 11.4 Å². The summed E-state index contributed by atoms with van der Waals surface area (Å²) in [5.74, 6) is -0.164. The number of carboxylic acid groups (broad SMARTS) is 1. The third-order valence-corrected chi connectivity index (χ3v) is 2.77. The van der Waals surface area contributed by atoms with Gasteiger partial charge in [-0.1, -0.05) is 12.1 Å². The molecular weight excluding hydrogens is 260 g/mol. The lowest BCUT2D eigenvalue weighted by Gasteiger charge is -2.09. The predicted octanol–water partition coefficient (Wildman–Crippen LogP) is 1.87. The van der Waals surface area contributed by atoms with Crippen molar-refractivity contribution in [2.45, 2.75) is 12.8 Å². The average Bonchev–Trinajstić information content (AvgIpc) is 2.45. The number of phenols is 1. The Kier molecular flexibility index (Phi) is 4.14. The van der Waals surface area contributed by atoms with E-state index in [-0.39, 0.29) is 12.2 Å². The molecule has 1 aromatic heterocycles. The maximum atomic E-state index is 10.6. The van der Waals surface area contributed by atoms with Gasteiger partial charge in [-0.3, -0.25) is 4.79 Å². The molecule has 0 unspecified atom stereocenters. The third kappa shape index (κ3) is 3.03. The van der Waals surface area contributed by atoms with Gasteiger partial charge in [0.25, 0.3) is 0 Å². The SMILES string of the molecule is COc1nc(-c2ccccc2O)ncc1CCC(=O)O. The van der Waals surface area contributed by atoms with E-state index in [0.29, 0.717) is 29.3 Å². The summed E-state index contributed by atoms with van der Waals surface area (Å²) >= 11 is 0. The molecule has 2 N–H and O–H groups in total. The summed E-state index contributed by atoms with van der Waals surface area (Å²) in [5.41, 5.74) is 1.12. The lowest BCUT2D eigenvalue weighted by Crippen LogP contribution is -2.03. The highest BCUT2D eigenvalue weighted by molar-refractivity contribution is 5.67. The molecular formula is C14H14N2O4. The lowest BCUT2D eigenvalue weighted by molar-refractivity contribution is -0.136. The zero-order chi connectivity index (χ0) is 14.5. The first-order chi connectivity index (χ1) is 9.61. The second-order valence-corrected chi connectivity index (χ2v) is 4.14. The molecule has 0 saturated carbocycles. The normalized spacial score (nSPS) is 10.2. The fourth-order valence-electron chi connectivity index (χ4n) is 1.77. The highest BCUT2D eigenvalue weighted by Crippen LogP contribution is 2.28. The molecule has 0 bridgehead atoms. The molecule has 1 heterocycles. The minimum absolute atomic E-state index is 0.0182. The highest BCUT2D eigenvalue weighted by Gasteiger charge is 2.12. The first-order valence-electron chi connectivity index (χ1n) is 6.02. The molecule has 0 radical (unpaired) electrons. The van der Waals surface area contributed by atoms with Crippen molar-refractivity contribution in [3.63, 3.8) is 0 Å². The summed E-state index contributed by atoms with van der Waals surface area (Å²) in [6.07, 6.45) is 1.80. The monoisotopic (exact) mass is 274 g/mol. The minimum atomic E-state index is -0.892. The molecule has 0 aliphatic heterocycles. The summed E-state index contributed by atoms with van der Waals surface area (Å²) in [4.78, 5) is 19.0. The largest absolute Gasteiger partial charge is 0.507 e. The Hall–Kier alpha value is -2.63. The Bertz CT molecular complexity index is 628. The smallest absolute Gasteiger partial charge is 0.303 e. The topological polar surface area (TPSA) is 92.5 Å². The fraction of sp³-hybridized carbons (Fsp3) is 0.214. The maximum absolute atomic E-state index is 10.6. The van der Waals surface area contributed by atoms with Crippen molar-refractivity contribution in [3.8, 4) is 23.0 Å². The van der Waals surface area contributed by atoms with Crippen LogP contribution in [0.3, 0.4) is 0 Å². The van der Waals surface area contributed by atoms with Crippen LogP contribution in [0, 0.1) is 0 Å². The number of ether oxygens (including phenoxy) is 1. The third-order valence-electron chi connectivity index (χ3n) is 2.77. The second-order valence-electron chi connectivity index (χ2n) is 4.14. The van der Waals surface area contributed by atoms with Gasteiger partial charge in [-0.2, -0.15) is 4.98 Å². The average molecular weight is 274 g/mol. The van der Waals surface area contributed by atoms with E-state index in [1.165, 1.54) is 13.3 Å². The quantitative estimate of drug-likeness (QED) is 0.864. The molecule has 0 saturated heterocycles. The number of aryl methyl sites for hydroxylation is 1. The van der Waals surface area contributed by atoms with Crippen LogP contribution in [-0.2, 0) is 11.2 Å². The van der Waals surface area contributed by atoms with Crippen LogP contribution in [0.1, 0.15) is 12.0 Å². The predicted molar refractivity (Wildman–Crippen MR) is 71.6 cm³/mol. The van der Waals surface area contributed by atoms with Crippen LogP contribution in [0.2, 0.25) is 0 Å². The first kappa shape index (κ1) is 13.8. The molecule has 0 fully saturated rings. The summed E-state index contributed by atoms with van der Waals surface area (Å²) in [6, 6.07) is 6.71. The Morgan fingerprint density at radius 3 is 2.75 bits per heavy atom.